The molecule has 0 spiro atoms. The lowest BCUT2D eigenvalue weighted by molar-refractivity contribution is -0.120. The SMILES string of the molecule is CCc1cccc(C)c1NC(=O)C1CCN(S(=O)(=O)c2ccc(OC)cc2)CC1. The molecule has 0 saturated carbocycles. The van der Waals surface area contributed by atoms with Crippen LogP contribution in [0.4, 0.5) is 5.69 Å². The van der Waals surface area contributed by atoms with Gasteiger partial charge in [-0.05, 0) is 61.6 Å². The van der Waals surface area contributed by atoms with Crippen molar-refractivity contribution in [2.24, 2.45) is 5.92 Å². The number of sulfonamides is 1. The van der Waals surface area contributed by atoms with Crippen LogP contribution in [0.1, 0.15) is 30.9 Å². The van der Waals surface area contributed by atoms with E-state index < -0.39 is 10.0 Å². The molecule has 0 radical (unpaired) electrons. The van der Waals surface area contributed by atoms with Crippen LogP contribution in [0.15, 0.2) is 47.4 Å². The van der Waals surface area contributed by atoms with Gasteiger partial charge in [0.25, 0.3) is 0 Å². The molecule has 1 aliphatic rings. The van der Waals surface area contributed by atoms with Crippen LogP contribution in [-0.4, -0.2) is 38.8 Å². The fourth-order valence-electron chi connectivity index (χ4n) is 3.68. The lowest BCUT2D eigenvalue weighted by Crippen LogP contribution is -2.41. The van der Waals surface area contributed by atoms with Gasteiger partial charge in [0, 0.05) is 24.7 Å². The van der Waals surface area contributed by atoms with Gasteiger partial charge in [0.05, 0.1) is 12.0 Å². The summed E-state index contributed by atoms with van der Waals surface area (Å²) in [6, 6.07) is 12.4. The Kier molecular flexibility index (Phi) is 6.59. The minimum absolute atomic E-state index is 0.0319. The van der Waals surface area contributed by atoms with Gasteiger partial charge in [0.15, 0.2) is 0 Å². The molecule has 1 amide bonds. The van der Waals surface area contributed by atoms with Crippen molar-refractivity contribution < 1.29 is 17.9 Å². The largest absolute Gasteiger partial charge is 0.497 e. The van der Waals surface area contributed by atoms with Gasteiger partial charge < -0.3 is 10.1 Å². The number of hydrogen-bond acceptors (Lipinski definition) is 4. The first-order chi connectivity index (χ1) is 13.9. The smallest absolute Gasteiger partial charge is 0.243 e. The number of carbonyl (C=O) groups is 1. The van der Waals surface area contributed by atoms with Crippen molar-refractivity contribution in [1.82, 2.24) is 4.31 Å². The summed E-state index contributed by atoms with van der Waals surface area (Å²) in [5, 5.41) is 3.08. The van der Waals surface area contributed by atoms with Gasteiger partial charge >= 0.3 is 0 Å². The molecular formula is C22H28N2O4S. The van der Waals surface area contributed by atoms with E-state index in [1.807, 2.05) is 25.1 Å². The van der Waals surface area contributed by atoms with Gasteiger partial charge in [-0.3, -0.25) is 4.79 Å². The number of methoxy groups -OCH3 is 1. The average molecular weight is 417 g/mol. The van der Waals surface area contributed by atoms with Gasteiger partial charge in [0.1, 0.15) is 5.75 Å². The highest BCUT2D eigenvalue weighted by Crippen LogP contribution is 2.27. The molecule has 29 heavy (non-hydrogen) atoms. The van der Waals surface area contributed by atoms with E-state index >= 15 is 0 Å². The maximum absolute atomic E-state index is 12.9. The Morgan fingerprint density at radius 3 is 2.38 bits per heavy atom. The monoisotopic (exact) mass is 416 g/mol. The first-order valence-electron chi connectivity index (χ1n) is 9.90. The van der Waals surface area contributed by atoms with Gasteiger partial charge in [-0.2, -0.15) is 4.31 Å². The van der Waals surface area contributed by atoms with Crippen LogP contribution >= 0.6 is 0 Å². The third-order valence-electron chi connectivity index (χ3n) is 5.51. The number of nitrogens with one attached hydrogen (secondary N) is 1. The van der Waals surface area contributed by atoms with Crippen molar-refractivity contribution in [2.75, 3.05) is 25.5 Å². The predicted molar refractivity (Wildman–Crippen MR) is 114 cm³/mol. The maximum atomic E-state index is 12.9. The van der Waals surface area contributed by atoms with Crippen LogP contribution in [0.3, 0.4) is 0 Å². The molecular weight excluding hydrogens is 388 g/mol. The molecule has 1 saturated heterocycles. The number of nitrogens with zero attached hydrogens (tertiary/aromatic N) is 1. The molecule has 1 fully saturated rings. The molecule has 0 aliphatic carbocycles. The second-order valence-corrected chi connectivity index (χ2v) is 9.24. The van der Waals surface area contributed by atoms with Crippen molar-refractivity contribution in [3.05, 3.63) is 53.6 Å². The highest BCUT2D eigenvalue weighted by atomic mass is 32.2. The maximum Gasteiger partial charge on any atom is 0.243 e. The van der Waals surface area contributed by atoms with Crippen molar-refractivity contribution in [1.29, 1.82) is 0 Å². The quantitative estimate of drug-likeness (QED) is 0.781. The summed E-state index contributed by atoms with van der Waals surface area (Å²) in [7, 11) is -2.02. The van der Waals surface area contributed by atoms with Crippen molar-refractivity contribution in [3.63, 3.8) is 0 Å². The van der Waals surface area contributed by atoms with E-state index in [-0.39, 0.29) is 16.7 Å². The lowest BCUT2D eigenvalue weighted by atomic mass is 9.96. The number of piperidine rings is 1. The standard InChI is InChI=1S/C22H28N2O4S/c1-4-17-7-5-6-16(2)21(17)23-22(25)18-12-14-24(15-13-18)29(26,27)20-10-8-19(28-3)9-11-20/h5-11,18H,4,12-15H2,1-3H3,(H,23,25). The van der Waals surface area contributed by atoms with E-state index in [9.17, 15) is 13.2 Å². The summed E-state index contributed by atoms with van der Waals surface area (Å²) in [6.07, 6.45) is 1.86. The normalized spacial score (nSPS) is 15.8. The topological polar surface area (TPSA) is 75.7 Å². The molecule has 2 aromatic rings. The first kappa shape index (κ1) is 21.3. The third kappa shape index (κ3) is 4.62. The van der Waals surface area contributed by atoms with E-state index in [1.54, 1.807) is 31.4 Å². The first-order valence-corrected chi connectivity index (χ1v) is 11.3. The Labute approximate surface area is 172 Å². The summed E-state index contributed by atoms with van der Waals surface area (Å²) in [5.41, 5.74) is 3.03. The van der Waals surface area contributed by atoms with Crippen LogP contribution in [0.25, 0.3) is 0 Å². The summed E-state index contributed by atoms with van der Waals surface area (Å²) in [4.78, 5) is 13.0. The van der Waals surface area contributed by atoms with Gasteiger partial charge in [-0.25, -0.2) is 8.42 Å². The molecule has 156 valence electrons. The molecule has 7 heteroatoms. The number of benzene rings is 2. The molecule has 3 rings (SSSR count). The molecule has 0 bridgehead atoms. The van der Waals surface area contributed by atoms with E-state index in [1.165, 1.54) is 4.31 Å². The van der Waals surface area contributed by atoms with Crippen LogP contribution in [0, 0.1) is 12.8 Å². The highest BCUT2D eigenvalue weighted by Gasteiger charge is 2.32. The minimum atomic E-state index is -3.57. The van der Waals surface area contributed by atoms with Gasteiger partial charge in [-0.15, -0.1) is 0 Å². The zero-order valence-corrected chi connectivity index (χ0v) is 18.0. The second kappa shape index (κ2) is 8.97. The summed E-state index contributed by atoms with van der Waals surface area (Å²) in [5.74, 6) is 0.388. The molecule has 0 unspecified atom stereocenters. The number of aryl methyl sites for hydroxylation is 2. The third-order valence-corrected chi connectivity index (χ3v) is 7.42. The Hall–Kier alpha value is -2.38. The average Bonchev–Trinajstić information content (AvgIpc) is 2.75. The fraction of sp³-hybridized carbons (Fsp3) is 0.409. The van der Waals surface area contributed by atoms with Crippen molar-refractivity contribution in [2.45, 2.75) is 38.0 Å². The second-order valence-electron chi connectivity index (χ2n) is 7.31. The molecule has 1 N–H and O–H groups in total. The Morgan fingerprint density at radius 1 is 1.14 bits per heavy atom. The van der Waals surface area contributed by atoms with E-state index in [0.29, 0.717) is 31.7 Å². The lowest BCUT2D eigenvalue weighted by Gasteiger charge is -2.30. The number of para-hydroxylation sites is 1. The number of amides is 1. The molecule has 0 aromatic heterocycles. The summed E-state index contributed by atoms with van der Waals surface area (Å²) >= 11 is 0. The minimum Gasteiger partial charge on any atom is -0.497 e. The van der Waals surface area contributed by atoms with Crippen LogP contribution in [-0.2, 0) is 21.2 Å². The Bertz CT molecular complexity index is 963. The number of ether oxygens (including phenoxy) is 1. The van der Waals surface area contributed by atoms with E-state index in [0.717, 1.165) is 23.2 Å². The van der Waals surface area contributed by atoms with Gasteiger partial charge in [0.2, 0.25) is 15.9 Å². The van der Waals surface area contributed by atoms with Gasteiger partial charge in [-0.1, -0.05) is 25.1 Å². The van der Waals surface area contributed by atoms with E-state index in [2.05, 4.69) is 12.2 Å². The molecule has 6 nitrogen and oxygen atoms in total. The number of anilines is 1. The number of hydrogen-bond donors (Lipinski definition) is 1. The zero-order chi connectivity index (χ0) is 21.0. The molecule has 0 atom stereocenters. The summed E-state index contributed by atoms with van der Waals surface area (Å²) < 4.78 is 32.3. The molecule has 1 aliphatic heterocycles. The van der Waals surface area contributed by atoms with Crippen LogP contribution in [0.2, 0.25) is 0 Å². The predicted octanol–water partition coefficient (Wildman–Crippen LogP) is 3.61. The van der Waals surface area contributed by atoms with Crippen LogP contribution < -0.4 is 10.1 Å². The highest BCUT2D eigenvalue weighted by molar-refractivity contribution is 7.89. The Balaban J connectivity index is 1.65. The van der Waals surface area contributed by atoms with E-state index in [4.69, 9.17) is 4.74 Å². The molecule has 2 aromatic carbocycles. The Morgan fingerprint density at radius 2 is 1.79 bits per heavy atom. The zero-order valence-electron chi connectivity index (χ0n) is 17.1. The summed E-state index contributed by atoms with van der Waals surface area (Å²) in [6.45, 7) is 4.72. The van der Waals surface area contributed by atoms with Crippen LogP contribution in [0.5, 0.6) is 5.75 Å². The van der Waals surface area contributed by atoms with Crippen molar-refractivity contribution >= 4 is 21.6 Å². The fourth-order valence-corrected chi connectivity index (χ4v) is 5.15. The molecule has 1 heterocycles. The number of carbonyl (C=O) groups excluding carboxylic acids is 1. The number of rotatable bonds is 6. The van der Waals surface area contributed by atoms with Crippen molar-refractivity contribution in [3.8, 4) is 5.75 Å².